The van der Waals surface area contributed by atoms with Crippen LogP contribution in [0.3, 0.4) is 0 Å². The molecule has 2 N–H and O–H groups in total. The minimum absolute atomic E-state index is 0.00488. The van der Waals surface area contributed by atoms with Crippen molar-refractivity contribution < 1.29 is 14.9 Å². The van der Waals surface area contributed by atoms with Crippen molar-refractivity contribution >= 4 is 8.80 Å². The van der Waals surface area contributed by atoms with Crippen molar-refractivity contribution in [1.29, 1.82) is 0 Å². The first-order valence-corrected chi connectivity index (χ1v) is 7.48. The van der Waals surface area contributed by atoms with Gasteiger partial charge in [-0.1, -0.05) is 19.1 Å². The monoisotopic (exact) mass is 207 g/mol. The largest absolute Gasteiger partial charge is 0.394 e. The summed E-state index contributed by atoms with van der Waals surface area (Å²) in [5, 5.41) is 15.2. The fourth-order valence-corrected chi connectivity index (χ4v) is 1.52. The molecule has 0 aliphatic rings. The van der Waals surface area contributed by atoms with Gasteiger partial charge in [-0.3, -0.25) is 0 Å². The van der Waals surface area contributed by atoms with Crippen molar-refractivity contribution in [2.45, 2.75) is 32.5 Å². The molecule has 0 aromatic rings. The summed E-state index contributed by atoms with van der Waals surface area (Å²) in [4.78, 5) is 0. The highest BCUT2D eigenvalue weighted by molar-refractivity contribution is 6.55. The van der Waals surface area contributed by atoms with Crippen LogP contribution in [-0.2, 0) is 4.74 Å². The third-order valence-electron chi connectivity index (χ3n) is 1.27. The van der Waals surface area contributed by atoms with E-state index in [0.717, 1.165) is 13.2 Å². The molecule has 0 heterocycles. The number of rotatable bonds is 6. The summed E-state index contributed by atoms with van der Waals surface area (Å²) in [6.07, 6.45) is 1.26. The molecule has 0 rings (SSSR count). The van der Waals surface area contributed by atoms with Gasteiger partial charge < -0.3 is 14.9 Å². The van der Waals surface area contributed by atoms with Crippen LogP contribution in [0.5, 0.6) is 0 Å². The average Bonchev–Trinajstić information content (AvgIpc) is 2.13. The average molecular weight is 207 g/mol. The highest BCUT2D eigenvalue weighted by atomic mass is 28.3. The van der Waals surface area contributed by atoms with Crippen LogP contribution in [0, 0.1) is 0 Å². The van der Waals surface area contributed by atoms with Crippen LogP contribution in [0.15, 0.2) is 0 Å². The molecule has 0 saturated carbocycles. The minimum atomic E-state index is -0.125. The lowest BCUT2D eigenvalue weighted by Crippen LogP contribution is -2.01. The lowest BCUT2D eigenvalue weighted by molar-refractivity contribution is 0.148. The van der Waals surface area contributed by atoms with Crippen molar-refractivity contribution in [2.24, 2.45) is 0 Å². The second-order valence-corrected chi connectivity index (χ2v) is 5.87. The van der Waals surface area contributed by atoms with Crippen molar-refractivity contribution in [3.63, 3.8) is 0 Å². The Balaban J connectivity index is 0. The molecule has 0 unspecified atom stereocenters. The van der Waals surface area contributed by atoms with E-state index in [2.05, 4.69) is 13.1 Å². The standard InChI is InChI=1S/C7H17OSi.C2H6O2/c1-4-8-6-5-7-9(2)3;3-1-2-4/h4-7H2,1-3H3;3-4H,1-2H2. The Bertz CT molecular complexity index is 77.3. The van der Waals surface area contributed by atoms with Crippen LogP contribution in [0.1, 0.15) is 13.3 Å². The zero-order valence-corrected chi connectivity index (χ0v) is 10.0. The summed E-state index contributed by atoms with van der Waals surface area (Å²) in [5.74, 6) is 0. The molecule has 0 aliphatic carbocycles. The van der Waals surface area contributed by atoms with E-state index in [9.17, 15) is 0 Å². The fourth-order valence-electron chi connectivity index (χ4n) is 0.672. The molecule has 81 valence electrons. The van der Waals surface area contributed by atoms with Gasteiger partial charge in [0.05, 0.1) is 13.2 Å². The Kier molecular flexibility index (Phi) is 17.5. The fraction of sp³-hybridized carbons (Fsp3) is 1.00. The second kappa shape index (κ2) is 14.6. The molecule has 3 nitrogen and oxygen atoms in total. The maximum absolute atomic E-state index is 7.62. The molecule has 0 spiro atoms. The number of aliphatic hydroxyl groups excluding tert-OH is 2. The summed E-state index contributed by atoms with van der Waals surface area (Å²) < 4.78 is 5.20. The van der Waals surface area contributed by atoms with Gasteiger partial charge >= 0.3 is 0 Å². The number of hydrogen-bond acceptors (Lipinski definition) is 3. The summed E-state index contributed by atoms with van der Waals surface area (Å²) in [5.41, 5.74) is 0. The van der Waals surface area contributed by atoms with Crippen molar-refractivity contribution in [2.75, 3.05) is 26.4 Å². The third-order valence-corrected chi connectivity index (χ3v) is 2.62. The van der Waals surface area contributed by atoms with Crippen molar-refractivity contribution in [3.05, 3.63) is 0 Å². The van der Waals surface area contributed by atoms with Gasteiger partial charge in [0.1, 0.15) is 0 Å². The molecule has 4 heteroatoms. The van der Waals surface area contributed by atoms with Crippen molar-refractivity contribution in [3.8, 4) is 0 Å². The van der Waals surface area contributed by atoms with Crippen LogP contribution >= 0.6 is 0 Å². The number of ether oxygens (including phenoxy) is 1. The molecule has 13 heavy (non-hydrogen) atoms. The molecular formula is C9H23O3Si. The zero-order chi connectivity index (χ0) is 10.5. The summed E-state index contributed by atoms with van der Waals surface area (Å²) >= 11 is 0. The zero-order valence-electron chi connectivity index (χ0n) is 9.05. The van der Waals surface area contributed by atoms with Crippen LogP contribution in [-0.4, -0.2) is 45.4 Å². The van der Waals surface area contributed by atoms with E-state index in [1.807, 2.05) is 6.92 Å². The van der Waals surface area contributed by atoms with Gasteiger partial charge in [0.15, 0.2) is 0 Å². The molecule has 0 aromatic carbocycles. The van der Waals surface area contributed by atoms with Gasteiger partial charge in [-0.2, -0.15) is 0 Å². The molecule has 1 radical (unpaired) electrons. The first-order valence-electron chi connectivity index (χ1n) is 4.77. The second-order valence-electron chi connectivity index (χ2n) is 2.95. The highest BCUT2D eigenvalue weighted by Crippen LogP contribution is 1.96. The van der Waals surface area contributed by atoms with Crippen molar-refractivity contribution in [1.82, 2.24) is 0 Å². The van der Waals surface area contributed by atoms with Crippen LogP contribution in [0.4, 0.5) is 0 Å². The first kappa shape index (κ1) is 15.6. The van der Waals surface area contributed by atoms with E-state index in [0.29, 0.717) is 0 Å². The predicted octanol–water partition coefficient (Wildman–Crippen LogP) is 1.14. The Morgan fingerprint density at radius 1 is 1.15 bits per heavy atom. The van der Waals surface area contributed by atoms with E-state index < -0.39 is 0 Å². The molecule has 0 aromatic heterocycles. The van der Waals surface area contributed by atoms with Gasteiger partial charge in [-0.25, -0.2) is 0 Å². The van der Waals surface area contributed by atoms with Gasteiger partial charge in [0.2, 0.25) is 0 Å². The Morgan fingerprint density at radius 3 is 2.00 bits per heavy atom. The minimum Gasteiger partial charge on any atom is -0.394 e. The van der Waals surface area contributed by atoms with E-state index in [4.69, 9.17) is 14.9 Å². The van der Waals surface area contributed by atoms with Gasteiger partial charge in [-0.15, -0.1) is 0 Å². The van der Waals surface area contributed by atoms with Crippen LogP contribution in [0.2, 0.25) is 19.1 Å². The smallest absolute Gasteiger partial charge is 0.0662 e. The molecule has 0 bridgehead atoms. The molecule has 0 aliphatic heterocycles. The Morgan fingerprint density at radius 2 is 1.69 bits per heavy atom. The number of hydrogen-bond donors (Lipinski definition) is 2. The van der Waals surface area contributed by atoms with E-state index in [1.54, 1.807) is 0 Å². The maximum atomic E-state index is 7.62. The third kappa shape index (κ3) is 24.5. The van der Waals surface area contributed by atoms with Gasteiger partial charge in [-0.05, 0) is 13.3 Å². The normalized spacial score (nSPS) is 9.69. The van der Waals surface area contributed by atoms with E-state index in [1.165, 1.54) is 12.5 Å². The quantitative estimate of drug-likeness (QED) is 0.507. The Labute approximate surface area is 83.3 Å². The highest BCUT2D eigenvalue weighted by Gasteiger charge is 1.93. The van der Waals surface area contributed by atoms with Crippen LogP contribution < -0.4 is 0 Å². The summed E-state index contributed by atoms with van der Waals surface area (Å²) in [7, 11) is 0.00488. The van der Waals surface area contributed by atoms with Crippen LogP contribution in [0.25, 0.3) is 0 Å². The summed E-state index contributed by atoms with van der Waals surface area (Å²) in [6, 6.07) is 1.39. The predicted molar refractivity (Wildman–Crippen MR) is 57.6 cm³/mol. The summed E-state index contributed by atoms with van der Waals surface area (Å²) in [6.45, 7) is 8.32. The SMILES string of the molecule is CCOCCC[Si](C)C.OCCO. The lowest BCUT2D eigenvalue weighted by atomic mass is 10.5. The Hall–Kier alpha value is 0.0969. The topological polar surface area (TPSA) is 49.7 Å². The first-order chi connectivity index (χ1) is 6.18. The lowest BCUT2D eigenvalue weighted by Gasteiger charge is -2.01. The van der Waals surface area contributed by atoms with Gasteiger partial charge in [0, 0.05) is 22.0 Å². The van der Waals surface area contributed by atoms with E-state index >= 15 is 0 Å². The molecule has 0 saturated heterocycles. The maximum Gasteiger partial charge on any atom is 0.0662 e. The molecule has 0 atom stereocenters. The van der Waals surface area contributed by atoms with E-state index in [-0.39, 0.29) is 22.0 Å². The molecule has 0 amide bonds. The molecular weight excluding hydrogens is 184 g/mol. The molecule has 0 fully saturated rings. The number of aliphatic hydroxyl groups is 2. The van der Waals surface area contributed by atoms with Gasteiger partial charge in [0.25, 0.3) is 0 Å².